The van der Waals surface area contributed by atoms with Crippen LogP contribution in [0.25, 0.3) is 6.08 Å². The van der Waals surface area contributed by atoms with E-state index in [1.807, 2.05) is 0 Å². The molecule has 0 unspecified atom stereocenters. The lowest BCUT2D eigenvalue weighted by Gasteiger charge is -2.09. The van der Waals surface area contributed by atoms with E-state index in [1.165, 1.54) is 12.1 Å². The summed E-state index contributed by atoms with van der Waals surface area (Å²) in [6.07, 6.45) is -0.184. The summed E-state index contributed by atoms with van der Waals surface area (Å²) in [5, 5.41) is 0.752. The smallest absolute Gasteiger partial charge is 0.298 e. The van der Waals surface area contributed by atoms with Crippen LogP contribution in [0, 0.1) is 0 Å². The van der Waals surface area contributed by atoms with E-state index in [4.69, 9.17) is 0 Å². The summed E-state index contributed by atoms with van der Waals surface area (Å²) in [5.41, 5.74) is -0.799. The number of carbonyl (C=O) groups excluding carboxylic acids is 1. The zero-order valence-corrected chi connectivity index (χ0v) is 10.4. The van der Waals surface area contributed by atoms with Gasteiger partial charge < -0.3 is 0 Å². The summed E-state index contributed by atoms with van der Waals surface area (Å²) in [4.78, 5) is 10.5. The molecule has 1 aromatic rings. The van der Waals surface area contributed by atoms with Gasteiger partial charge in [0.15, 0.2) is 6.29 Å². The van der Waals surface area contributed by atoms with Crippen LogP contribution in [0.5, 0.6) is 0 Å². The number of hydrogen-bond acceptors (Lipinski definition) is 1. The summed E-state index contributed by atoms with van der Waals surface area (Å²) in [6.45, 7) is 0. The Balaban J connectivity index is 3.09. The molecule has 0 radical (unpaired) electrons. The van der Waals surface area contributed by atoms with Crippen LogP contribution < -0.4 is 0 Å². The fourth-order valence-electron chi connectivity index (χ4n) is 1.31. The first-order chi connectivity index (χ1) is 7.99. The first-order valence-electron chi connectivity index (χ1n) is 4.88. The highest BCUT2D eigenvalue weighted by Gasteiger charge is 2.33. The molecule has 0 saturated carbocycles. The molecule has 5 heteroatoms. The number of alkyl halides is 4. The van der Waals surface area contributed by atoms with Gasteiger partial charge >= 0.3 is 6.18 Å². The number of allylic oxidation sites excluding steroid dienone is 1. The van der Waals surface area contributed by atoms with Crippen molar-refractivity contribution in [2.45, 2.75) is 12.6 Å². The van der Waals surface area contributed by atoms with E-state index in [2.05, 4.69) is 15.9 Å². The third-order valence-electron chi connectivity index (χ3n) is 2.10. The van der Waals surface area contributed by atoms with Gasteiger partial charge in [0, 0.05) is 10.9 Å². The lowest BCUT2D eigenvalue weighted by Crippen LogP contribution is -2.09. The Morgan fingerprint density at radius 1 is 1.29 bits per heavy atom. The molecule has 0 heterocycles. The third kappa shape index (κ3) is 4.00. The minimum atomic E-state index is -4.50. The lowest BCUT2D eigenvalue weighted by atomic mass is 10.0. The summed E-state index contributed by atoms with van der Waals surface area (Å²) in [5.74, 6) is 0. The summed E-state index contributed by atoms with van der Waals surface area (Å²) in [7, 11) is 0. The molecule has 92 valence electrons. The maximum Gasteiger partial charge on any atom is 0.417 e. The number of benzene rings is 1. The van der Waals surface area contributed by atoms with Crippen molar-refractivity contribution in [3.8, 4) is 0 Å². The van der Waals surface area contributed by atoms with Gasteiger partial charge in [0.2, 0.25) is 0 Å². The minimum absolute atomic E-state index is 0.217. The van der Waals surface area contributed by atoms with Crippen molar-refractivity contribution in [1.82, 2.24) is 0 Å². The molecule has 0 saturated heterocycles. The number of aldehydes is 1. The van der Waals surface area contributed by atoms with Crippen molar-refractivity contribution < 1.29 is 18.0 Å². The number of hydrogen-bond donors (Lipinski definition) is 0. The number of halogens is 4. The second kappa shape index (κ2) is 6.00. The van der Waals surface area contributed by atoms with Gasteiger partial charge in [-0.15, -0.1) is 0 Å². The van der Waals surface area contributed by atoms with E-state index in [9.17, 15) is 18.0 Å². The molecule has 0 atom stereocenters. The molecule has 1 nitrogen and oxygen atoms in total. The van der Waals surface area contributed by atoms with E-state index >= 15 is 0 Å². The third-order valence-corrected chi connectivity index (χ3v) is 2.55. The number of rotatable bonds is 4. The van der Waals surface area contributed by atoms with Crippen LogP contribution in [-0.4, -0.2) is 11.6 Å². The summed E-state index contributed by atoms with van der Waals surface area (Å²) in [6, 6.07) is 3.65. The van der Waals surface area contributed by atoms with E-state index in [1.54, 1.807) is 12.2 Å². The Kier molecular flexibility index (Phi) is 4.93. The average Bonchev–Trinajstić information content (AvgIpc) is 2.28. The highest BCUT2D eigenvalue weighted by atomic mass is 79.9. The molecule has 0 aliphatic carbocycles. The Morgan fingerprint density at radius 2 is 2.00 bits per heavy atom. The van der Waals surface area contributed by atoms with Crippen molar-refractivity contribution in [2.75, 3.05) is 5.33 Å². The fraction of sp³-hybridized carbons (Fsp3) is 0.250. The first kappa shape index (κ1) is 14.0. The lowest BCUT2D eigenvalue weighted by molar-refractivity contribution is -0.137. The van der Waals surface area contributed by atoms with Gasteiger partial charge in [-0.2, -0.15) is 13.2 Å². The molecule has 0 fully saturated rings. The molecule has 0 bridgehead atoms. The van der Waals surface area contributed by atoms with E-state index < -0.39 is 11.7 Å². The van der Waals surface area contributed by atoms with Crippen molar-refractivity contribution >= 4 is 28.3 Å². The Hall–Kier alpha value is -1.10. The second-order valence-corrected chi connectivity index (χ2v) is 4.14. The van der Waals surface area contributed by atoms with Crippen molar-refractivity contribution in [3.05, 3.63) is 41.0 Å². The second-order valence-electron chi connectivity index (χ2n) is 3.34. The Bertz CT molecular complexity index is 424. The normalized spacial score (nSPS) is 12.0. The minimum Gasteiger partial charge on any atom is -0.298 e. The standard InChI is InChI=1S/C12H10BrF3O/c13-6-2-1-3-9-4-5-10(8-17)11(7-9)12(14,15)16/h1,3-5,7-8H,2,6H2. The van der Waals surface area contributed by atoms with E-state index in [0.29, 0.717) is 5.56 Å². The van der Waals surface area contributed by atoms with Gasteiger partial charge in [0.1, 0.15) is 0 Å². The van der Waals surface area contributed by atoms with Gasteiger partial charge in [0.25, 0.3) is 0 Å². The average molecular weight is 307 g/mol. The molecule has 1 rings (SSSR count). The topological polar surface area (TPSA) is 17.1 Å². The fourth-order valence-corrected chi connectivity index (χ4v) is 1.57. The predicted molar refractivity (Wildman–Crippen MR) is 64.3 cm³/mol. The Labute approximate surface area is 105 Å². The highest BCUT2D eigenvalue weighted by Crippen LogP contribution is 2.32. The highest BCUT2D eigenvalue weighted by molar-refractivity contribution is 9.09. The van der Waals surface area contributed by atoms with Gasteiger partial charge in [-0.3, -0.25) is 4.79 Å². The molecular weight excluding hydrogens is 297 g/mol. The molecule has 0 N–H and O–H groups in total. The van der Waals surface area contributed by atoms with Crippen molar-refractivity contribution in [3.63, 3.8) is 0 Å². The predicted octanol–water partition coefficient (Wildman–Crippen LogP) is 4.32. The molecule has 0 spiro atoms. The van der Waals surface area contributed by atoms with Crippen molar-refractivity contribution in [2.24, 2.45) is 0 Å². The number of carbonyl (C=O) groups is 1. The maximum atomic E-state index is 12.6. The van der Waals surface area contributed by atoms with Crippen LogP contribution in [0.2, 0.25) is 0 Å². The molecule has 1 aromatic carbocycles. The van der Waals surface area contributed by atoms with Crippen LogP contribution in [0.15, 0.2) is 24.3 Å². The Morgan fingerprint density at radius 3 is 2.53 bits per heavy atom. The van der Waals surface area contributed by atoms with Crippen LogP contribution in [0.1, 0.15) is 27.9 Å². The molecule has 0 aliphatic rings. The quantitative estimate of drug-likeness (QED) is 0.598. The zero-order valence-electron chi connectivity index (χ0n) is 8.80. The summed E-state index contributed by atoms with van der Waals surface area (Å²) >= 11 is 3.21. The first-order valence-corrected chi connectivity index (χ1v) is 6.00. The molecule has 17 heavy (non-hydrogen) atoms. The largest absolute Gasteiger partial charge is 0.417 e. The maximum absolute atomic E-state index is 12.6. The van der Waals surface area contributed by atoms with E-state index in [0.717, 1.165) is 17.8 Å². The molecule has 0 aromatic heterocycles. The molecule has 0 amide bonds. The molecular formula is C12H10BrF3O. The monoisotopic (exact) mass is 306 g/mol. The van der Waals surface area contributed by atoms with Gasteiger partial charge in [-0.25, -0.2) is 0 Å². The van der Waals surface area contributed by atoms with Gasteiger partial charge in [0.05, 0.1) is 5.56 Å². The zero-order chi connectivity index (χ0) is 12.9. The van der Waals surface area contributed by atoms with Crippen LogP contribution in [0.4, 0.5) is 13.2 Å². The SMILES string of the molecule is O=Cc1ccc(C=CCCBr)cc1C(F)(F)F. The van der Waals surface area contributed by atoms with Crippen molar-refractivity contribution in [1.29, 1.82) is 0 Å². The van der Waals surface area contributed by atoms with E-state index in [-0.39, 0.29) is 11.8 Å². The van der Waals surface area contributed by atoms with Gasteiger partial charge in [-0.05, 0) is 18.1 Å². The van der Waals surface area contributed by atoms with Gasteiger partial charge in [-0.1, -0.05) is 40.2 Å². The van der Waals surface area contributed by atoms with Crippen LogP contribution in [-0.2, 0) is 6.18 Å². The van der Waals surface area contributed by atoms with Crippen LogP contribution in [0.3, 0.4) is 0 Å². The molecule has 0 aliphatic heterocycles. The van der Waals surface area contributed by atoms with Crippen LogP contribution >= 0.6 is 15.9 Å². The summed E-state index contributed by atoms with van der Waals surface area (Å²) < 4.78 is 37.8.